The molecule has 0 saturated carbocycles. The fourth-order valence-corrected chi connectivity index (χ4v) is 3.93. The number of nitrogens with zero attached hydrogens (tertiary/aromatic N) is 1. The summed E-state index contributed by atoms with van der Waals surface area (Å²) >= 11 is 12.0. The van der Waals surface area contributed by atoms with Crippen molar-refractivity contribution in [3.8, 4) is 11.3 Å². The highest BCUT2D eigenvalue weighted by Crippen LogP contribution is 2.30. The maximum Gasteiger partial charge on any atom is 0.287 e. The molecule has 4 nitrogen and oxygen atoms in total. The molecule has 1 atom stereocenters. The van der Waals surface area contributed by atoms with Crippen molar-refractivity contribution in [3.63, 3.8) is 0 Å². The quantitative estimate of drug-likeness (QED) is 0.892. The first kappa shape index (κ1) is 16.0. The fourth-order valence-electron chi connectivity index (χ4n) is 3.63. The predicted octanol–water partition coefficient (Wildman–Crippen LogP) is 4.08. The van der Waals surface area contributed by atoms with Crippen molar-refractivity contribution in [2.45, 2.75) is 18.9 Å². The molecule has 1 amide bonds. The number of fused-ring (bicyclic) bond motifs is 3. The van der Waals surface area contributed by atoms with Gasteiger partial charge in [-0.15, -0.1) is 0 Å². The third-order valence-corrected chi connectivity index (χ3v) is 5.75. The molecular weight excluding hydrogens is 347 g/mol. The number of furan rings is 1. The van der Waals surface area contributed by atoms with Gasteiger partial charge < -0.3 is 14.6 Å². The van der Waals surface area contributed by atoms with Crippen molar-refractivity contribution < 1.29 is 9.21 Å². The molecule has 3 aliphatic heterocycles. The molecule has 2 aromatic rings. The van der Waals surface area contributed by atoms with Gasteiger partial charge in [-0.05, 0) is 62.2 Å². The molecule has 3 aliphatic rings. The van der Waals surface area contributed by atoms with Crippen molar-refractivity contribution in [3.05, 3.63) is 46.1 Å². The molecule has 2 bridgehead atoms. The molecule has 1 unspecified atom stereocenters. The largest absolute Gasteiger partial charge is 0.451 e. The lowest BCUT2D eigenvalue weighted by Gasteiger charge is -2.44. The average Bonchev–Trinajstić information content (AvgIpc) is 3.09. The van der Waals surface area contributed by atoms with Gasteiger partial charge in [-0.3, -0.25) is 4.79 Å². The first-order valence-corrected chi connectivity index (χ1v) is 8.94. The second-order valence-electron chi connectivity index (χ2n) is 6.51. The van der Waals surface area contributed by atoms with Crippen LogP contribution in [0.25, 0.3) is 11.3 Å². The first-order chi connectivity index (χ1) is 11.6. The lowest BCUT2D eigenvalue weighted by atomic mass is 9.84. The van der Waals surface area contributed by atoms with Crippen LogP contribution in [0, 0.1) is 5.92 Å². The van der Waals surface area contributed by atoms with E-state index in [4.69, 9.17) is 27.6 Å². The lowest BCUT2D eigenvalue weighted by Crippen LogP contribution is -2.57. The number of halogens is 2. The number of carbonyl (C=O) groups is 1. The number of nitrogens with one attached hydrogen (secondary N) is 1. The number of amides is 1. The van der Waals surface area contributed by atoms with Gasteiger partial charge in [-0.1, -0.05) is 23.2 Å². The van der Waals surface area contributed by atoms with Gasteiger partial charge in [0.2, 0.25) is 0 Å². The van der Waals surface area contributed by atoms with Crippen molar-refractivity contribution in [1.29, 1.82) is 0 Å². The monoisotopic (exact) mass is 364 g/mol. The van der Waals surface area contributed by atoms with Crippen LogP contribution in [-0.4, -0.2) is 36.5 Å². The Morgan fingerprint density at radius 1 is 1.12 bits per heavy atom. The zero-order valence-corrected chi connectivity index (χ0v) is 14.6. The number of benzene rings is 1. The van der Waals surface area contributed by atoms with E-state index in [1.165, 1.54) is 0 Å². The third kappa shape index (κ3) is 3.06. The molecule has 126 valence electrons. The summed E-state index contributed by atoms with van der Waals surface area (Å²) in [4.78, 5) is 14.9. The van der Waals surface area contributed by atoms with Crippen molar-refractivity contribution >= 4 is 29.1 Å². The van der Waals surface area contributed by atoms with E-state index < -0.39 is 0 Å². The predicted molar refractivity (Wildman–Crippen MR) is 94.6 cm³/mol. The van der Waals surface area contributed by atoms with E-state index >= 15 is 0 Å². The van der Waals surface area contributed by atoms with Crippen LogP contribution in [-0.2, 0) is 0 Å². The van der Waals surface area contributed by atoms with Crippen molar-refractivity contribution in [2.75, 3.05) is 19.6 Å². The molecular formula is C18H18Cl2N2O2. The van der Waals surface area contributed by atoms with E-state index in [1.54, 1.807) is 24.3 Å². The summed E-state index contributed by atoms with van der Waals surface area (Å²) in [5.74, 6) is 1.36. The molecule has 5 rings (SSSR count). The molecule has 0 aliphatic carbocycles. The number of carbonyl (C=O) groups excluding carboxylic acids is 1. The Kier molecular flexibility index (Phi) is 4.29. The summed E-state index contributed by atoms with van der Waals surface area (Å²) in [7, 11) is 0. The first-order valence-electron chi connectivity index (χ1n) is 8.18. The van der Waals surface area contributed by atoms with E-state index in [2.05, 4.69) is 10.2 Å². The minimum atomic E-state index is -0.153. The topological polar surface area (TPSA) is 45.5 Å². The molecule has 6 heteroatoms. The highest BCUT2D eigenvalue weighted by Gasteiger charge is 2.35. The number of hydrogen-bond donors (Lipinski definition) is 1. The van der Waals surface area contributed by atoms with Gasteiger partial charge in [-0.25, -0.2) is 0 Å². The van der Waals surface area contributed by atoms with E-state index in [9.17, 15) is 4.79 Å². The van der Waals surface area contributed by atoms with Crippen LogP contribution in [0.4, 0.5) is 0 Å². The summed E-state index contributed by atoms with van der Waals surface area (Å²) in [5, 5.41) is 4.09. The molecule has 0 radical (unpaired) electrons. The summed E-state index contributed by atoms with van der Waals surface area (Å²) in [6.07, 6.45) is 2.33. The van der Waals surface area contributed by atoms with Crippen LogP contribution >= 0.6 is 23.2 Å². The third-order valence-electron chi connectivity index (χ3n) is 5.01. The lowest BCUT2D eigenvalue weighted by molar-refractivity contribution is 0.0606. The van der Waals surface area contributed by atoms with Crippen LogP contribution < -0.4 is 5.32 Å². The van der Waals surface area contributed by atoms with Crippen LogP contribution in [0.15, 0.2) is 34.7 Å². The summed E-state index contributed by atoms with van der Waals surface area (Å²) in [6.45, 7) is 3.25. The summed E-state index contributed by atoms with van der Waals surface area (Å²) in [6, 6.07) is 8.98. The van der Waals surface area contributed by atoms with Crippen LogP contribution in [0.1, 0.15) is 23.4 Å². The Balaban J connectivity index is 1.48. The number of rotatable bonds is 3. The fraction of sp³-hybridized carbons (Fsp3) is 0.389. The molecule has 3 saturated heterocycles. The van der Waals surface area contributed by atoms with Gasteiger partial charge in [0.25, 0.3) is 5.91 Å². The molecule has 1 N–H and O–H groups in total. The molecule has 24 heavy (non-hydrogen) atoms. The SMILES string of the molecule is O=C(NC1CN2CCC1CC2)c1ccc(-c2ccc(Cl)c(Cl)c2)o1. The maximum absolute atomic E-state index is 12.5. The minimum Gasteiger partial charge on any atom is -0.451 e. The van der Waals surface area contributed by atoms with Crippen molar-refractivity contribution in [1.82, 2.24) is 10.2 Å². The Morgan fingerprint density at radius 2 is 1.92 bits per heavy atom. The van der Waals surface area contributed by atoms with Crippen molar-refractivity contribution in [2.24, 2.45) is 5.92 Å². The van der Waals surface area contributed by atoms with Gasteiger partial charge in [0.1, 0.15) is 5.76 Å². The van der Waals surface area contributed by atoms with Gasteiger partial charge >= 0.3 is 0 Å². The van der Waals surface area contributed by atoms with Crippen LogP contribution in [0.5, 0.6) is 0 Å². The highest BCUT2D eigenvalue weighted by molar-refractivity contribution is 6.42. The van der Waals surface area contributed by atoms with Gasteiger partial charge in [0, 0.05) is 18.2 Å². The zero-order chi connectivity index (χ0) is 16.7. The second-order valence-corrected chi connectivity index (χ2v) is 7.33. The van der Waals surface area contributed by atoms with E-state index in [0.717, 1.165) is 38.0 Å². The van der Waals surface area contributed by atoms with Crippen LogP contribution in [0.3, 0.4) is 0 Å². The van der Waals surface area contributed by atoms with E-state index in [-0.39, 0.29) is 11.9 Å². The Bertz CT molecular complexity index is 766. The molecule has 4 heterocycles. The van der Waals surface area contributed by atoms with Gasteiger partial charge in [-0.2, -0.15) is 0 Å². The Hall–Kier alpha value is -1.49. The number of piperidine rings is 3. The van der Waals surface area contributed by atoms with E-state index in [1.807, 2.05) is 6.07 Å². The van der Waals surface area contributed by atoms with Crippen LogP contribution in [0.2, 0.25) is 10.0 Å². The highest BCUT2D eigenvalue weighted by atomic mass is 35.5. The molecule has 3 fully saturated rings. The maximum atomic E-state index is 12.5. The summed E-state index contributed by atoms with van der Waals surface area (Å²) in [5.41, 5.74) is 0.797. The smallest absolute Gasteiger partial charge is 0.287 e. The molecule has 0 spiro atoms. The second kappa shape index (κ2) is 6.43. The minimum absolute atomic E-state index is 0.153. The number of hydrogen-bond acceptors (Lipinski definition) is 3. The Labute approximate surface area is 150 Å². The average molecular weight is 365 g/mol. The molecule has 1 aromatic heterocycles. The van der Waals surface area contributed by atoms with E-state index in [0.29, 0.717) is 27.5 Å². The summed E-state index contributed by atoms with van der Waals surface area (Å²) < 4.78 is 5.72. The zero-order valence-electron chi connectivity index (χ0n) is 13.1. The Morgan fingerprint density at radius 3 is 2.58 bits per heavy atom. The normalized spacial score (nSPS) is 25.7. The van der Waals surface area contributed by atoms with Gasteiger partial charge in [0.15, 0.2) is 5.76 Å². The standard InChI is InChI=1S/C18H18Cl2N2O2/c19-13-2-1-12(9-14(13)20)16-3-4-17(24-16)18(23)21-15-10-22-7-5-11(15)6-8-22/h1-4,9,11,15H,5-8,10H2,(H,21,23). The van der Waals surface area contributed by atoms with Gasteiger partial charge in [0.05, 0.1) is 10.0 Å². The molecule has 1 aromatic carbocycles.